The van der Waals surface area contributed by atoms with Gasteiger partial charge in [-0.25, -0.2) is 4.68 Å². The largest absolute Gasteiger partial charge is 0.477 e. The van der Waals surface area contributed by atoms with Crippen molar-refractivity contribution in [3.05, 3.63) is 11.3 Å². The van der Waals surface area contributed by atoms with Gasteiger partial charge in [0.25, 0.3) is 0 Å². The lowest BCUT2D eigenvalue weighted by Crippen LogP contribution is -2.04. The molecule has 0 saturated heterocycles. The monoisotopic (exact) mass is 208 g/mol. The van der Waals surface area contributed by atoms with Crippen molar-refractivity contribution in [2.75, 3.05) is 6.61 Å². The van der Waals surface area contributed by atoms with Crippen molar-refractivity contribution < 1.29 is 9.53 Å². The molecule has 1 fully saturated rings. The molecule has 2 rings (SSSR count). The van der Waals surface area contributed by atoms with Gasteiger partial charge in [-0.3, -0.25) is 4.79 Å². The second-order valence-corrected chi connectivity index (χ2v) is 4.13. The van der Waals surface area contributed by atoms with Crippen LogP contribution >= 0.6 is 0 Å². The first-order chi connectivity index (χ1) is 7.22. The number of hydrogen-bond donors (Lipinski definition) is 0. The van der Waals surface area contributed by atoms with Crippen molar-refractivity contribution in [2.45, 2.75) is 26.2 Å². The van der Waals surface area contributed by atoms with Gasteiger partial charge in [-0.05, 0) is 19.3 Å². The Balaban J connectivity index is 2.01. The summed E-state index contributed by atoms with van der Waals surface area (Å²) in [6.07, 6.45) is 4.56. The molecule has 4 heteroatoms. The molecule has 0 bridgehead atoms. The number of ether oxygens (including phenoxy) is 1. The van der Waals surface area contributed by atoms with Crippen LogP contribution in [0, 0.1) is 12.8 Å². The molecule has 0 amide bonds. The van der Waals surface area contributed by atoms with Crippen molar-refractivity contribution in [2.24, 2.45) is 13.0 Å². The van der Waals surface area contributed by atoms with Crippen molar-refractivity contribution in [1.29, 1.82) is 0 Å². The summed E-state index contributed by atoms with van der Waals surface area (Å²) >= 11 is 0. The first kappa shape index (κ1) is 10.2. The molecule has 82 valence electrons. The maximum atomic E-state index is 10.8. The molecule has 1 heterocycles. The third-order valence-corrected chi connectivity index (χ3v) is 2.79. The second-order valence-electron chi connectivity index (χ2n) is 4.13. The third kappa shape index (κ3) is 2.19. The number of carbonyl (C=O) groups is 1. The summed E-state index contributed by atoms with van der Waals surface area (Å²) in [5.74, 6) is 1.45. The Morgan fingerprint density at radius 2 is 2.33 bits per heavy atom. The van der Waals surface area contributed by atoms with Gasteiger partial charge in [0.05, 0.1) is 17.9 Å². The number of aldehydes is 1. The normalized spacial score (nSPS) is 15.3. The van der Waals surface area contributed by atoms with Crippen LogP contribution in [0.1, 0.15) is 35.3 Å². The summed E-state index contributed by atoms with van der Waals surface area (Å²) in [6, 6.07) is 0. The van der Waals surface area contributed by atoms with E-state index in [0.29, 0.717) is 18.1 Å². The Morgan fingerprint density at radius 1 is 1.60 bits per heavy atom. The Bertz CT molecular complexity index is 367. The second kappa shape index (κ2) is 4.04. The molecule has 0 unspecified atom stereocenters. The van der Waals surface area contributed by atoms with E-state index in [4.69, 9.17) is 4.74 Å². The first-order valence-electron chi connectivity index (χ1n) is 5.34. The summed E-state index contributed by atoms with van der Waals surface area (Å²) < 4.78 is 7.23. The fraction of sp³-hybridized carbons (Fsp3) is 0.636. The highest BCUT2D eigenvalue weighted by Crippen LogP contribution is 2.32. The van der Waals surface area contributed by atoms with E-state index < -0.39 is 0 Å². The van der Waals surface area contributed by atoms with Crippen molar-refractivity contribution in [1.82, 2.24) is 9.78 Å². The van der Waals surface area contributed by atoms with E-state index in [2.05, 4.69) is 5.10 Å². The minimum Gasteiger partial charge on any atom is -0.477 e. The van der Waals surface area contributed by atoms with E-state index in [1.54, 1.807) is 11.7 Å². The molecule has 0 radical (unpaired) electrons. The third-order valence-electron chi connectivity index (χ3n) is 2.79. The average Bonchev–Trinajstić information content (AvgIpc) is 2.95. The number of nitrogens with zero attached hydrogens (tertiary/aromatic N) is 2. The average molecular weight is 208 g/mol. The maximum Gasteiger partial charge on any atom is 0.222 e. The van der Waals surface area contributed by atoms with Crippen LogP contribution in [0.2, 0.25) is 0 Å². The standard InChI is InChI=1S/C11H16N2O2/c1-8-10(7-14)11(13(2)12-8)15-6-5-9-3-4-9/h7,9H,3-6H2,1-2H3. The highest BCUT2D eigenvalue weighted by molar-refractivity contribution is 5.79. The Hall–Kier alpha value is -1.32. The smallest absolute Gasteiger partial charge is 0.222 e. The molecule has 1 aliphatic rings. The van der Waals surface area contributed by atoms with Crippen molar-refractivity contribution in [3.8, 4) is 5.88 Å². The predicted octanol–water partition coefficient (Wildman–Crippen LogP) is 1.72. The van der Waals surface area contributed by atoms with Crippen LogP contribution < -0.4 is 4.74 Å². The molecule has 1 saturated carbocycles. The van der Waals surface area contributed by atoms with Gasteiger partial charge >= 0.3 is 0 Å². The van der Waals surface area contributed by atoms with Gasteiger partial charge in [-0.2, -0.15) is 5.10 Å². The number of rotatable bonds is 5. The lowest BCUT2D eigenvalue weighted by atomic mass is 10.3. The minimum absolute atomic E-state index is 0.577. The summed E-state index contributed by atoms with van der Waals surface area (Å²) in [5.41, 5.74) is 1.31. The highest BCUT2D eigenvalue weighted by atomic mass is 16.5. The Kier molecular flexibility index (Phi) is 2.75. The quantitative estimate of drug-likeness (QED) is 0.692. The SMILES string of the molecule is Cc1nn(C)c(OCCC2CC2)c1C=O. The Morgan fingerprint density at radius 3 is 2.93 bits per heavy atom. The summed E-state index contributed by atoms with van der Waals surface area (Å²) in [6.45, 7) is 2.50. The number of hydrogen-bond acceptors (Lipinski definition) is 3. The topological polar surface area (TPSA) is 44.1 Å². The molecule has 1 aromatic rings. The van der Waals surface area contributed by atoms with Gasteiger partial charge in [0, 0.05) is 7.05 Å². The Labute approximate surface area is 89.2 Å². The number of carbonyl (C=O) groups excluding carboxylic acids is 1. The number of aryl methyl sites for hydroxylation is 2. The molecule has 0 aliphatic heterocycles. The molecular formula is C11H16N2O2. The summed E-state index contributed by atoms with van der Waals surface area (Å²) in [7, 11) is 1.80. The highest BCUT2D eigenvalue weighted by Gasteiger charge is 2.21. The number of aromatic nitrogens is 2. The van der Waals surface area contributed by atoms with Crippen molar-refractivity contribution >= 4 is 6.29 Å². The molecule has 1 aliphatic carbocycles. The van der Waals surface area contributed by atoms with E-state index in [1.165, 1.54) is 12.8 Å². The van der Waals surface area contributed by atoms with E-state index in [9.17, 15) is 4.79 Å². The maximum absolute atomic E-state index is 10.8. The first-order valence-corrected chi connectivity index (χ1v) is 5.34. The lowest BCUT2D eigenvalue weighted by Gasteiger charge is -2.05. The zero-order valence-electron chi connectivity index (χ0n) is 9.19. The fourth-order valence-electron chi connectivity index (χ4n) is 1.69. The molecule has 0 aromatic carbocycles. The van der Waals surface area contributed by atoms with Gasteiger partial charge in [0.1, 0.15) is 0 Å². The van der Waals surface area contributed by atoms with Gasteiger partial charge in [-0.1, -0.05) is 12.8 Å². The van der Waals surface area contributed by atoms with E-state index >= 15 is 0 Å². The van der Waals surface area contributed by atoms with Crippen molar-refractivity contribution in [3.63, 3.8) is 0 Å². The lowest BCUT2D eigenvalue weighted by molar-refractivity contribution is 0.111. The van der Waals surface area contributed by atoms with Gasteiger partial charge in [-0.15, -0.1) is 0 Å². The van der Waals surface area contributed by atoms with Crippen LogP contribution in [0.15, 0.2) is 0 Å². The summed E-state index contributed by atoms with van der Waals surface area (Å²) in [5, 5.41) is 4.16. The predicted molar refractivity (Wildman–Crippen MR) is 56.2 cm³/mol. The fourth-order valence-corrected chi connectivity index (χ4v) is 1.69. The van der Waals surface area contributed by atoms with Gasteiger partial charge in [0.15, 0.2) is 6.29 Å². The van der Waals surface area contributed by atoms with Crippen LogP contribution in [0.3, 0.4) is 0 Å². The molecular weight excluding hydrogens is 192 g/mol. The van der Waals surface area contributed by atoms with Crippen LogP contribution in [0.4, 0.5) is 0 Å². The van der Waals surface area contributed by atoms with Crippen LogP contribution in [0.25, 0.3) is 0 Å². The molecule has 4 nitrogen and oxygen atoms in total. The molecule has 1 aromatic heterocycles. The minimum atomic E-state index is 0.577. The van der Waals surface area contributed by atoms with Gasteiger partial charge in [0.2, 0.25) is 5.88 Å². The van der Waals surface area contributed by atoms with Gasteiger partial charge < -0.3 is 4.74 Å². The zero-order valence-corrected chi connectivity index (χ0v) is 9.19. The van der Waals surface area contributed by atoms with Crippen LogP contribution in [-0.4, -0.2) is 22.7 Å². The molecule has 0 spiro atoms. The summed E-state index contributed by atoms with van der Waals surface area (Å²) in [4.78, 5) is 10.8. The van der Waals surface area contributed by atoms with Crippen LogP contribution in [-0.2, 0) is 7.05 Å². The molecule has 15 heavy (non-hydrogen) atoms. The molecule has 0 atom stereocenters. The van der Waals surface area contributed by atoms with Crippen LogP contribution in [0.5, 0.6) is 5.88 Å². The van der Waals surface area contributed by atoms with E-state index in [0.717, 1.165) is 24.3 Å². The van der Waals surface area contributed by atoms with E-state index in [1.807, 2.05) is 6.92 Å². The molecule has 0 N–H and O–H groups in total. The van der Waals surface area contributed by atoms with E-state index in [-0.39, 0.29) is 0 Å². The zero-order chi connectivity index (χ0) is 10.8.